The molecule has 20 heavy (non-hydrogen) atoms. The van der Waals surface area contributed by atoms with Crippen molar-refractivity contribution in [1.29, 1.82) is 0 Å². The predicted molar refractivity (Wildman–Crippen MR) is 74.7 cm³/mol. The van der Waals surface area contributed by atoms with Gasteiger partial charge in [-0.3, -0.25) is 14.7 Å². The number of nitrogens with zero attached hydrogens (tertiary/aromatic N) is 1. The summed E-state index contributed by atoms with van der Waals surface area (Å²) in [5, 5.41) is 0. The molecule has 2 aliphatic heterocycles. The van der Waals surface area contributed by atoms with Crippen LogP contribution in [0.5, 0.6) is 0 Å². The van der Waals surface area contributed by atoms with Crippen LogP contribution in [-0.4, -0.2) is 21.4 Å². The van der Waals surface area contributed by atoms with E-state index in [0.717, 1.165) is 18.7 Å². The average molecular weight is 269 g/mol. The number of benzene rings is 1. The summed E-state index contributed by atoms with van der Waals surface area (Å²) in [5.41, 5.74) is 3.54. The molecule has 1 aromatic heterocycles. The minimum Gasteiger partial charge on any atom is -0.311 e. The second kappa shape index (κ2) is 4.18. The van der Waals surface area contributed by atoms with Crippen LogP contribution < -0.4 is 11.2 Å². The second-order valence-electron chi connectivity index (χ2n) is 5.50. The fourth-order valence-electron chi connectivity index (χ4n) is 3.43. The van der Waals surface area contributed by atoms with Gasteiger partial charge in [-0.1, -0.05) is 24.3 Å². The number of hydrogen-bond acceptors (Lipinski definition) is 3. The van der Waals surface area contributed by atoms with Gasteiger partial charge in [-0.05, 0) is 17.5 Å². The van der Waals surface area contributed by atoms with Gasteiger partial charge in [0, 0.05) is 31.2 Å². The molecule has 5 heteroatoms. The van der Waals surface area contributed by atoms with E-state index in [2.05, 4.69) is 39.1 Å². The zero-order valence-electron chi connectivity index (χ0n) is 11.0. The van der Waals surface area contributed by atoms with E-state index in [1.54, 1.807) is 0 Å². The van der Waals surface area contributed by atoms with E-state index in [-0.39, 0.29) is 11.6 Å². The first kappa shape index (κ1) is 11.7. The predicted octanol–water partition coefficient (Wildman–Crippen LogP) is 0.719. The first-order valence-corrected chi connectivity index (χ1v) is 6.88. The van der Waals surface area contributed by atoms with Crippen molar-refractivity contribution in [3.05, 3.63) is 67.5 Å². The number of hydrogen-bond donors (Lipinski definition) is 2. The molecule has 2 N–H and O–H groups in total. The molecule has 1 unspecified atom stereocenters. The molecule has 0 radical (unpaired) electrons. The quantitative estimate of drug-likeness (QED) is 0.740. The Morgan fingerprint density at radius 1 is 1.15 bits per heavy atom. The molecule has 4 rings (SSSR count). The molecule has 0 aliphatic carbocycles. The van der Waals surface area contributed by atoms with Crippen LogP contribution in [0, 0.1) is 0 Å². The number of nitrogens with one attached hydrogen (secondary N) is 2. The standard InChI is InChI=1S/C15H15N3O2/c19-14-11-8-18-6-5-9-3-1-2-4-10(9)13(18)7-12(11)16-15(20)17-14/h1-4,13H,5-8H2,(H2,16,17,19,20). The lowest BCUT2D eigenvalue weighted by Gasteiger charge is -2.40. The van der Waals surface area contributed by atoms with Crippen molar-refractivity contribution in [2.75, 3.05) is 6.54 Å². The summed E-state index contributed by atoms with van der Waals surface area (Å²) in [6.45, 7) is 1.57. The molecule has 0 amide bonds. The van der Waals surface area contributed by atoms with E-state index < -0.39 is 5.69 Å². The molecule has 5 nitrogen and oxygen atoms in total. The summed E-state index contributed by atoms with van der Waals surface area (Å²) in [4.78, 5) is 30.8. The molecule has 0 spiro atoms. The van der Waals surface area contributed by atoms with Gasteiger partial charge in [0.05, 0.1) is 5.56 Å². The van der Waals surface area contributed by atoms with Crippen LogP contribution in [0.2, 0.25) is 0 Å². The molecule has 2 aromatic rings. The third-order valence-electron chi connectivity index (χ3n) is 4.41. The molecule has 0 saturated heterocycles. The molecular formula is C15H15N3O2. The molecule has 0 bridgehead atoms. The largest absolute Gasteiger partial charge is 0.325 e. The number of rotatable bonds is 0. The molecule has 1 atom stereocenters. The van der Waals surface area contributed by atoms with Crippen molar-refractivity contribution < 1.29 is 0 Å². The van der Waals surface area contributed by atoms with Crippen molar-refractivity contribution in [3.8, 4) is 0 Å². The SMILES string of the molecule is O=c1[nH]c2c(c(=O)[nH]1)CN1CCc3ccccc3C1C2. The fraction of sp³-hybridized carbons (Fsp3) is 0.333. The van der Waals surface area contributed by atoms with Crippen molar-refractivity contribution in [2.24, 2.45) is 0 Å². The monoisotopic (exact) mass is 269 g/mol. The van der Waals surface area contributed by atoms with Crippen LogP contribution in [0.25, 0.3) is 0 Å². The van der Waals surface area contributed by atoms with Crippen molar-refractivity contribution in [3.63, 3.8) is 0 Å². The number of fused-ring (bicyclic) bond motifs is 4. The Balaban J connectivity index is 1.84. The maximum absolute atomic E-state index is 11.9. The van der Waals surface area contributed by atoms with Crippen molar-refractivity contribution >= 4 is 0 Å². The molecular weight excluding hydrogens is 254 g/mol. The molecule has 2 aliphatic rings. The maximum atomic E-state index is 11.9. The van der Waals surface area contributed by atoms with Crippen LogP contribution in [-0.2, 0) is 19.4 Å². The highest BCUT2D eigenvalue weighted by Crippen LogP contribution is 2.35. The number of aromatic amines is 2. The molecule has 102 valence electrons. The third-order valence-corrected chi connectivity index (χ3v) is 4.41. The third kappa shape index (κ3) is 1.67. The summed E-state index contributed by atoms with van der Waals surface area (Å²) < 4.78 is 0. The normalized spacial score (nSPS) is 20.9. The number of H-pyrrole nitrogens is 2. The van der Waals surface area contributed by atoms with Gasteiger partial charge >= 0.3 is 5.69 Å². The topological polar surface area (TPSA) is 69.0 Å². The van der Waals surface area contributed by atoms with E-state index in [0.29, 0.717) is 18.5 Å². The van der Waals surface area contributed by atoms with Gasteiger partial charge in [-0.25, -0.2) is 4.79 Å². The number of aromatic nitrogens is 2. The van der Waals surface area contributed by atoms with E-state index in [9.17, 15) is 9.59 Å². The van der Waals surface area contributed by atoms with Gasteiger partial charge in [0.2, 0.25) is 0 Å². The van der Waals surface area contributed by atoms with E-state index in [1.807, 2.05) is 0 Å². The van der Waals surface area contributed by atoms with Gasteiger partial charge in [0.1, 0.15) is 0 Å². The minimum absolute atomic E-state index is 0.249. The first-order valence-electron chi connectivity index (χ1n) is 6.88. The lowest BCUT2D eigenvalue weighted by Crippen LogP contribution is -2.43. The lowest BCUT2D eigenvalue weighted by molar-refractivity contribution is 0.157. The molecule has 3 heterocycles. The average Bonchev–Trinajstić information content (AvgIpc) is 2.45. The van der Waals surface area contributed by atoms with E-state index in [1.165, 1.54) is 11.1 Å². The summed E-state index contributed by atoms with van der Waals surface area (Å²) in [6.07, 6.45) is 1.72. The van der Waals surface area contributed by atoms with Crippen molar-refractivity contribution in [1.82, 2.24) is 14.9 Å². The Hall–Kier alpha value is -2.14. The van der Waals surface area contributed by atoms with Gasteiger partial charge in [-0.15, -0.1) is 0 Å². The van der Waals surface area contributed by atoms with Gasteiger partial charge < -0.3 is 4.98 Å². The van der Waals surface area contributed by atoms with Crippen LogP contribution in [0.1, 0.15) is 28.4 Å². The smallest absolute Gasteiger partial charge is 0.311 e. The Morgan fingerprint density at radius 3 is 2.90 bits per heavy atom. The summed E-state index contributed by atoms with van der Waals surface area (Å²) in [5.74, 6) is 0. The fourth-order valence-corrected chi connectivity index (χ4v) is 3.43. The Bertz CT molecular complexity index is 790. The van der Waals surface area contributed by atoms with Crippen LogP contribution in [0.3, 0.4) is 0 Å². The summed E-state index contributed by atoms with van der Waals surface area (Å²) >= 11 is 0. The summed E-state index contributed by atoms with van der Waals surface area (Å²) in [6, 6.07) is 8.71. The zero-order chi connectivity index (χ0) is 13.7. The lowest BCUT2D eigenvalue weighted by atomic mass is 9.86. The zero-order valence-corrected chi connectivity index (χ0v) is 11.0. The molecule has 0 fully saturated rings. The van der Waals surface area contributed by atoms with Crippen LogP contribution in [0.4, 0.5) is 0 Å². The van der Waals surface area contributed by atoms with Crippen LogP contribution >= 0.6 is 0 Å². The van der Waals surface area contributed by atoms with Crippen LogP contribution in [0.15, 0.2) is 33.9 Å². The van der Waals surface area contributed by atoms with Crippen molar-refractivity contribution in [2.45, 2.75) is 25.4 Å². The Labute approximate surface area is 115 Å². The highest BCUT2D eigenvalue weighted by Gasteiger charge is 2.33. The highest BCUT2D eigenvalue weighted by atomic mass is 16.2. The van der Waals surface area contributed by atoms with E-state index in [4.69, 9.17) is 0 Å². The Morgan fingerprint density at radius 2 is 2.00 bits per heavy atom. The Kier molecular flexibility index (Phi) is 2.44. The van der Waals surface area contributed by atoms with Gasteiger partial charge in [-0.2, -0.15) is 0 Å². The first-order chi connectivity index (χ1) is 9.72. The van der Waals surface area contributed by atoms with Gasteiger partial charge in [0.15, 0.2) is 0 Å². The maximum Gasteiger partial charge on any atom is 0.325 e. The molecule has 1 aromatic carbocycles. The van der Waals surface area contributed by atoms with E-state index >= 15 is 0 Å². The molecule has 0 saturated carbocycles. The van der Waals surface area contributed by atoms with Gasteiger partial charge in [0.25, 0.3) is 5.56 Å². The second-order valence-corrected chi connectivity index (χ2v) is 5.50. The highest BCUT2D eigenvalue weighted by molar-refractivity contribution is 5.36. The minimum atomic E-state index is -0.411. The summed E-state index contributed by atoms with van der Waals surface area (Å²) in [7, 11) is 0.